The normalized spacial score (nSPS) is 17.7. The summed E-state index contributed by atoms with van der Waals surface area (Å²) in [6, 6.07) is 37.2. The van der Waals surface area contributed by atoms with Gasteiger partial charge < -0.3 is 9.46 Å². The van der Waals surface area contributed by atoms with Gasteiger partial charge in [-0.1, -0.05) is 109 Å². The van der Waals surface area contributed by atoms with Crippen LogP contribution in [-0.2, 0) is 21.3 Å². The molecule has 5 rings (SSSR count). The Labute approximate surface area is 195 Å². The smallest absolute Gasteiger partial charge is 0.238 e. The molecule has 33 heavy (non-hydrogen) atoms. The lowest BCUT2D eigenvalue weighted by Gasteiger charge is -2.30. The zero-order valence-electron chi connectivity index (χ0n) is 18.6. The molecule has 3 nitrogen and oxygen atoms in total. The van der Waals surface area contributed by atoms with Crippen LogP contribution in [0.3, 0.4) is 0 Å². The van der Waals surface area contributed by atoms with Crippen molar-refractivity contribution in [3.63, 3.8) is 0 Å². The maximum Gasteiger partial charge on any atom is 0.238 e. The second-order valence-corrected chi connectivity index (χ2v) is 11.6. The molecule has 0 N–H and O–H groups in total. The highest BCUT2D eigenvalue weighted by molar-refractivity contribution is 7.78. The van der Waals surface area contributed by atoms with Crippen molar-refractivity contribution in [2.45, 2.75) is 18.9 Å². The number of rotatable bonds is 6. The maximum atomic E-state index is 14.8. The van der Waals surface area contributed by atoms with Crippen LogP contribution in [0.4, 0.5) is 5.69 Å². The van der Waals surface area contributed by atoms with Crippen LogP contribution in [0.15, 0.2) is 115 Å². The van der Waals surface area contributed by atoms with E-state index in [1.165, 1.54) is 0 Å². The van der Waals surface area contributed by atoms with Gasteiger partial charge in [-0.2, -0.15) is 0 Å². The minimum atomic E-state index is -3.09. The molecule has 4 heteroatoms. The molecule has 1 aliphatic heterocycles. The van der Waals surface area contributed by atoms with E-state index >= 15 is 0 Å². The largest absolute Gasteiger partial charge is 0.314 e. The summed E-state index contributed by atoms with van der Waals surface area (Å²) in [4.78, 5) is 15.9. The quantitative estimate of drug-likeness (QED) is 0.363. The van der Waals surface area contributed by atoms with Crippen LogP contribution in [0, 0.1) is 0 Å². The molecule has 4 aromatic carbocycles. The second kappa shape index (κ2) is 8.50. The summed E-state index contributed by atoms with van der Waals surface area (Å²) >= 11 is 0. The molecular formula is C29H26NO2P. The number of hydrogen-bond acceptors (Lipinski definition) is 2. The predicted octanol–water partition coefficient (Wildman–Crippen LogP) is 5.51. The van der Waals surface area contributed by atoms with Crippen molar-refractivity contribution in [1.29, 1.82) is 0 Å². The molecule has 1 aliphatic rings. The first-order valence-electron chi connectivity index (χ1n) is 11.2. The molecule has 0 saturated heterocycles. The van der Waals surface area contributed by atoms with Gasteiger partial charge in [0.05, 0.1) is 12.0 Å². The Hall–Kier alpha value is -3.42. The Morgan fingerprint density at radius 2 is 1.18 bits per heavy atom. The summed E-state index contributed by atoms with van der Waals surface area (Å²) in [5, 5.41) is 1.56. The van der Waals surface area contributed by atoms with Gasteiger partial charge >= 0.3 is 0 Å². The zero-order chi connectivity index (χ0) is 22.9. The van der Waals surface area contributed by atoms with Gasteiger partial charge in [0.25, 0.3) is 0 Å². The van der Waals surface area contributed by atoms with E-state index in [9.17, 15) is 9.36 Å². The van der Waals surface area contributed by atoms with Gasteiger partial charge in [0, 0.05) is 22.5 Å². The minimum Gasteiger partial charge on any atom is -0.314 e. The number of carbonyl (C=O) groups is 1. The molecule has 0 spiro atoms. The van der Waals surface area contributed by atoms with Crippen molar-refractivity contribution in [3.8, 4) is 0 Å². The molecule has 0 saturated carbocycles. The Kier molecular flexibility index (Phi) is 5.52. The van der Waals surface area contributed by atoms with Crippen LogP contribution in [-0.4, -0.2) is 12.1 Å². The van der Waals surface area contributed by atoms with Gasteiger partial charge in [-0.25, -0.2) is 0 Å². The highest BCUT2D eigenvalue weighted by atomic mass is 31.2. The van der Waals surface area contributed by atoms with Crippen molar-refractivity contribution in [2.75, 3.05) is 11.1 Å². The molecule has 0 unspecified atom stereocenters. The lowest BCUT2D eigenvalue weighted by Crippen LogP contribution is -2.42. The molecule has 4 aromatic rings. The average Bonchev–Trinajstić information content (AvgIpc) is 3.07. The van der Waals surface area contributed by atoms with Gasteiger partial charge in [0.15, 0.2) is 0 Å². The van der Waals surface area contributed by atoms with E-state index in [2.05, 4.69) is 0 Å². The Bertz CT molecular complexity index is 1280. The number of hydrogen-bond donors (Lipinski definition) is 0. The SMILES string of the molecule is C[C@]1(CP(=O)(c2ccccc2)c2ccccc2)C(=O)N(Cc2ccccc2)c2ccccc21. The summed E-state index contributed by atoms with van der Waals surface area (Å²) in [5.74, 6) is -0.000333. The topological polar surface area (TPSA) is 37.4 Å². The van der Waals surface area contributed by atoms with Gasteiger partial charge in [-0.15, -0.1) is 0 Å². The maximum absolute atomic E-state index is 14.8. The lowest BCUT2D eigenvalue weighted by molar-refractivity contribution is -0.122. The van der Waals surface area contributed by atoms with Crippen LogP contribution in [0.25, 0.3) is 0 Å². The van der Waals surface area contributed by atoms with Crippen molar-refractivity contribution in [1.82, 2.24) is 0 Å². The Balaban J connectivity index is 1.61. The highest BCUT2D eigenvalue weighted by Crippen LogP contribution is 2.53. The Morgan fingerprint density at radius 3 is 1.76 bits per heavy atom. The molecule has 0 aromatic heterocycles. The van der Waals surface area contributed by atoms with E-state index in [0.717, 1.165) is 27.4 Å². The van der Waals surface area contributed by atoms with Gasteiger partial charge in [0.2, 0.25) is 5.91 Å². The number of amides is 1. The fraction of sp³-hybridized carbons (Fsp3) is 0.138. The minimum absolute atomic E-state index is 0.000333. The predicted molar refractivity (Wildman–Crippen MR) is 136 cm³/mol. The number of fused-ring (bicyclic) bond motifs is 1. The van der Waals surface area contributed by atoms with Crippen LogP contribution in [0.2, 0.25) is 0 Å². The monoisotopic (exact) mass is 451 g/mol. The molecule has 1 heterocycles. The third kappa shape index (κ3) is 3.73. The summed E-state index contributed by atoms with van der Waals surface area (Å²) < 4.78 is 14.8. The first-order chi connectivity index (χ1) is 16.0. The van der Waals surface area contributed by atoms with Crippen LogP contribution in [0.5, 0.6) is 0 Å². The molecule has 164 valence electrons. The van der Waals surface area contributed by atoms with Crippen LogP contribution >= 0.6 is 7.14 Å². The highest BCUT2D eigenvalue weighted by Gasteiger charge is 2.51. The number of benzene rings is 4. The molecular weight excluding hydrogens is 425 g/mol. The molecule has 0 aliphatic carbocycles. The van der Waals surface area contributed by atoms with Crippen molar-refractivity contribution >= 4 is 29.3 Å². The summed E-state index contributed by atoms with van der Waals surface area (Å²) in [5.41, 5.74) is 2.02. The first-order valence-corrected chi connectivity index (χ1v) is 13.1. The zero-order valence-corrected chi connectivity index (χ0v) is 19.5. The first kappa shape index (κ1) is 21.4. The standard InChI is InChI=1S/C29H26NO2P/c1-29(22-33(32,24-15-7-3-8-16-24)25-17-9-4-10-18-25)26-19-11-12-20-27(26)30(28(29)31)21-23-13-5-2-6-14-23/h2-20H,21-22H2,1H3/t29-/m1/s1. The molecule has 0 fully saturated rings. The number of carbonyl (C=O) groups excluding carboxylic acids is 1. The fourth-order valence-corrected chi connectivity index (χ4v) is 8.06. The number of nitrogens with zero attached hydrogens (tertiary/aromatic N) is 1. The molecule has 1 atom stereocenters. The van der Waals surface area contributed by atoms with Crippen molar-refractivity contribution in [2.24, 2.45) is 0 Å². The third-order valence-corrected chi connectivity index (χ3v) is 9.92. The van der Waals surface area contributed by atoms with Crippen LogP contribution in [0.1, 0.15) is 18.1 Å². The van der Waals surface area contributed by atoms with Gasteiger partial charge in [-0.05, 0) is 24.1 Å². The van der Waals surface area contributed by atoms with E-state index in [-0.39, 0.29) is 12.1 Å². The number of anilines is 1. The molecule has 0 radical (unpaired) electrons. The van der Waals surface area contributed by atoms with E-state index < -0.39 is 12.6 Å². The van der Waals surface area contributed by atoms with E-state index in [1.54, 1.807) is 0 Å². The fourth-order valence-electron chi connectivity index (χ4n) is 4.89. The van der Waals surface area contributed by atoms with E-state index in [4.69, 9.17) is 0 Å². The van der Waals surface area contributed by atoms with Crippen LogP contribution < -0.4 is 15.5 Å². The lowest BCUT2D eigenvalue weighted by atomic mass is 9.86. The summed E-state index contributed by atoms with van der Waals surface area (Å²) in [6.07, 6.45) is 0.245. The van der Waals surface area contributed by atoms with Crippen molar-refractivity contribution < 1.29 is 9.36 Å². The third-order valence-electron chi connectivity index (χ3n) is 6.58. The summed E-state index contributed by atoms with van der Waals surface area (Å²) in [6.45, 7) is 2.45. The molecule has 1 amide bonds. The van der Waals surface area contributed by atoms with Crippen molar-refractivity contribution in [3.05, 3.63) is 126 Å². The van der Waals surface area contributed by atoms with Gasteiger partial charge in [-0.3, -0.25) is 4.79 Å². The second-order valence-electron chi connectivity index (χ2n) is 8.80. The summed E-state index contributed by atoms with van der Waals surface area (Å²) in [7, 11) is -3.09. The number of para-hydroxylation sites is 1. The van der Waals surface area contributed by atoms with Gasteiger partial charge in [0.1, 0.15) is 7.14 Å². The average molecular weight is 452 g/mol. The Morgan fingerprint density at radius 1 is 0.697 bits per heavy atom. The van der Waals surface area contributed by atoms with E-state index in [0.29, 0.717) is 6.54 Å². The molecule has 0 bridgehead atoms. The van der Waals surface area contributed by atoms with E-state index in [1.807, 2.05) is 127 Å².